The topological polar surface area (TPSA) is 53.1 Å². The average molecular weight is 456 g/mol. The number of nitrogens with zero attached hydrogens (tertiary/aromatic N) is 3. The van der Waals surface area contributed by atoms with Gasteiger partial charge >= 0.3 is 0 Å². The molecule has 33 heavy (non-hydrogen) atoms. The standard InChI is InChI=1S/C27H41N3O3/c1-28-21-22-33-24-11-5-4-10-23(24)9-3-2-6-13-27(26(28)32)14-19-30(20-15-27)25(31)12-18-29-16-7-8-17-29/h4-5,10-11H,2-3,6-9,12-22H2,1H3. The first-order valence-electron chi connectivity index (χ1n) is 13.0. The van der Waals surface area contributed by atoms with Gasteiger partial charge in [-0.2, -0.15) is 0 Å². The number of hydrogen-bond donors (Lipinski definition) is 0. The lowest BCUT2D eigenvalue weighted by molar-refractivity contribution is -0.148. The van der Waals surface area contributed by atoms with E-state index in [1.165, 1.54) is 18.4 Å². The third-order valence-corrected chi connectivity index (χ3v) is 7.97. The number of fused-ring (bicyclic) bond motifs is 1. The van der Waals surface area contributed by atoms with Gasteiger partial charge in [-0.3, -0.25) is 9.59 Å². The van der Waals surface area contributed by atoms with Gasteiger partial charge in [-0.1, -0.05) is 31.0 Å². The van der Waals surface area contributed by atoms with Gasteiger partial charge in [0, 0.05) is 33.1 Å². The van der Waals surface area contributed by atoms with Gasteiger partial charge in [0.05, 0.1) is 12.0 Å². The van der Waals surface area contributed by atoms with Crippen molar-refractivity contribution in [3.8, 4) is 5.75 Å². The minimum absolute atomic E-state index is 0.239. The SMILES string of the molecule is CN1CCOc2ccccc2CCCCCC2(CCN(C(=O)CCN3CCCC3)CC2)C1=O. The summed E-state index contributed by atoms with van der Waals surface area (Å²) in [6, 6.07) is 8.28. The first-order valence-corrected chi connectivity index (χ1v) is 13.0. The first kappa shape index (κ1) is 24.1. The highest BCUT2D eigenvalue weighted by molar-refractivity contribution is 5.83. The molecule has 4 rings (SSSR count). The second kappa shape index (κ2) is 11.4. The normalized spacial score (nSPS) is 22.8. The summed E-state index contributed by atoms with van der Waals surface area (Å²) in [4.78, 5) is 32.7. The third kappa shape index (κ3) is 6.08. The van der Waals surface area contributed by atoms with Crippen LogP contribution in [0.1, 0.15) is 63.4 Å². The Morgan fingerprint density at radius 2 is 1.70 bits per heavy atom. The number of likely N-dealkylation sites (N-methyl/N-ethyl adjacent to an activating group) is 1. The molecule has 0 bridgehead atoms. The summed E-state index contributed by atoms with van der Waals surface area (Å²) in [5.74, 6) is 1.45. The first-order chi connectivity index (χ1) is 16.1. The Kier molecular flexibility index (Phi) is 8.29. The van der Waals surface area contributed by atoms with E-state index < -0.39 is 0 Å². The van der Waals surface area contributed by atoms with Gasteiger partial charge in [-0.25, -0.2) is 0 Å². The van der Waals surface area contributed by atoms with E-state index >= 15 is 0 Å². The minimum Gasteiger partial charge on any atom is -0.491 e. The molecule has 1 spiro atoms. The molecule has 2 amide bonds. The van der Waals surface area contributed by atoms with Crippen LogP contribution in [0.3, 0.4) is 0 Å². The molecule has 2 fully saturated rings. The predicted molar refractivity (Wildman–Crippen MR) is 130 cm³/mol. The number of benzene rings is 1. The highest BCUT2D eigenvalue weighted by Gasteiger charge is 2.43. The smallest absolute Gasteiger partial charge is 0.228 e. The van der Waals surface area contributed by atoms with Crippen molar-refractivity contribution in [3.05, 3.63) is 29.8 Å². The molecular weight excluding hydrogens is 414 g/mol. The number of carbonyl (C=O) groups is 2. The van der Waals surface area contributed by atoms with Gasteiger partial charge < -0.3 is 19.4 Å². The van der Waals surface area contributed by atoms with E-state index in [1.54, 1.807) is 0 Å². The number of hydrogen-bond acceptors (Lipinski definition) is 4. The van der Waals surface area contributed by atoms with Crippen LogP contribution in [0.5, 0.6) is 5.75 Å². The molecule has 1 aromatic rings. The van der Waals surface area contributed by atoms with Gasteiger partial charge in [0.15, 0.2) is 0 Å². The lowest BCUT2D eigenvalue weighted by atomic mass is 9.73. The fraction of sp³-hybridized carbons (Fsp3) is 0.704. The lowest BCUT2D eigenvalue weighted by Gasteiger charge is -2.43. The summed E-state index contributed by atoms with van der Waals surface area (Å²) >= 11 is 0. The number of rotatable bonds is 3. The van der Waals surface area contributed by atoms with E-state index in [1.807, 2.05) is 29.0 Å². The molecule has 0 radical (unpaired) electrons. The second-order valence-corrected chi connectivity index (χ2v) is 10.2. The largest absolute Gasteiger partial charge is 0.491 e. The number of carbonyl (C=O) groups excluding carboxylic acids is 2. The summed E-state index contributed by atoms with van der Waals surface area (Å²) in [5, 5.41) is 0. The van der Waals surface area contributed by atoms with Crippen LogP contribution >= 0.6 is 0 Å². The van der Waals surface area contributed by atoms with Crippen molar-refractivity contribution in [1.29, 1.82) is 0 Å². The molecule has 6 nitrogen and oxygen atoms in total. The average Bonchev–Trinajstić information content (AvgIpc) is 3.36. The van der Waals surface area contributed by atoms with Crippen LogP contribution in [0.25, 0.3) is 0 Å². The zero-order chi connectivity index (χ0) is 23.1. The number of amides is 2. The van der Waals surface area contributed by atoms with E-state index in [-0.39, 0.29) is 17.2 Å². The Balaban J connectivity index is 1.35. The van der Waals surface area contributed by atoms with Crippen molar-refractivity contribution < 1.29 is 14.3 Å². The molecule has 3 aliphatic heterocycles. The maximum atomic E-state index is 13.6. The summed E-state index contributed by atoms with van der Waals surface area (Å²) in [6.07, 6.45) is 9.93. The molecule has 0 saturated carbocycles. The maximum absolute atomic E-state index is 13.6. The summed E-state index contributed by atoms with van der Waals surface area (Å²) in [6.45, 7) is 5.66. The fourth-order valence-corrected chi connectivity index (χ4v) is 5.78. The van der Waals surface area contributed by atoms with Crippen molar-refractivity contribution in [2.24, 2.45) is 5.41 Å². The molecule has 1 aromatic carbocycles. The van der Waals surface area contributed by atoms with E-state index in [0.717, 1.165) is 70.3 Å². The Hall–Kier alpha value is -2.08. The molecule has 3 aliphatic rings. The number of likely N-dealkylation sites (tertiary alicyclic amines) is 2. The highest BCUT2D eigenvalue weighted by Crippen LogP contribution is 2.39. The molecule has 182 valence electrons. The van der Waals surface area contributed by atoms with Crippen LogP contribution < -0.4 is 4.74 Å². The Bertz CT molecular complexity index is 798. The summed E-state index contributed by atoms with van der Waals surface area (Å²) in [5.41, 5.74) is 0.933. The van der Waals surface area contributed by atoms with Crippen LogP contribution in [0.4, 0.5) is 0 Å². The van der Waals surface area contributed by atoms with Crippen LogP contribution in [0.2, 0.25) is 0 Å². The molecular formula is C27H41N3O3. The van der Waals surface area contributed by atoms with Crippen molar-refractivity contribution in [2.45, 2.75) is 64.2 Å². The number of para-hydroxylation sites is 1. The van der Waals surface area contributed by atoms with Crippen LogP contribution in [-0.4, -0.2) is 79.4 Å². The van der Waals surface area contributed by atoms with Crippen molar-refractivity contribution >= 4 is 11.8 Å². The maximum Gasteiger partial charge on any atom is 0.228 e. The molecule has 0 unspecified atom stereocenters. The van der Waals surface area contributed by atoms with Gasteiger partial charge in [0.2, 0.25) is 11.8 Å². The van der Waals surface area contributed by atoms with E-state index in [0.29, 0.717) is 32.7 Å². The molecule has 0 atom stereocenters. The summed E-state index contributed by atoms with van der Waals surface area (Å²) < 4.78 is 6.06. The fourth-order valence-electron chi connectivity index (χ4n) is 5.78. The highest BCUT2D eigenvalue weighted by atomic mass is 16.5. The summed E-state index contributed by atoms with van der Waals surface area (Å²) in [7, 11) is 1.91. The third-order valence-electron chi connectivity index (χ3n) is 7.97. The van der Waals surface area contributed by atoms with Crippen LogP contribution in [0.15, 0.2) is 24.3 Å². The van der Waals surface area contributed by atoms with Gasteiger partial charge in [0.25, 0.3) is 0 Å². The second-order valence-electron chi connectivity index (χ2n) is 10.2. The Labute approximate surface area is 199 Å². The van der Waals surface area contributed by atoms with Crippen LogP contribution in [-0.2, 0) is 16.0 Å². The predicted octanol–water partition coefficient (Wildman–Crippen LogP) is 3.74. The van der Waals surface area contributed by atoms with E-state index in [2.05, 4.69) is 17.0 Å². The number of piperidine rings is 1. The van der Waals surface area contributed by atoms with Gasteiger partial charge in [-0.15, -0.1) is 0 Å². The van der Waals surface area contributed by atoms with Crippen molar-refractivity contribution in [3.63, 3.8) is 0 Å². The van der Waals surface area contributed by atoms with Gasteiger partial charge in [0.1, 0.15) is 12.4 Å². The quantitative estimate of drug-likeness (QED) is 0.697. The molecule has 0 N–H and O–H groups in total. The number of aryl methyl sites for hydroxylation is 1. The monoisotopic (exact) mass is 455 g/mol. The molecule has 0 aliphatic carbocycles. The number of ether oxygens (including phenoxy) is 1. The minimum atomic E-state index is -0.332. The van der Waals surface area contributed by atoms with Crippen molar-refractivity contribution in [1.82, 2.24) is 14.7 Å². The molecule has 2 saturated heterocycles. The Morgan fingerprint density at radius 1 is 0.939 bits per heavy atom. The van der Waals surface area contributed by atoms with Crippen molar-refractivity contribution in [2.75, 3.05) is 52.9 Å². The zero-order valence-corrected chi connectivity index (χ0v) is 20.4. The van der Waals surface area contributed by atoms with Crippen LogP contribution in [0, 0.1) is 5.41 Å². The van der Waals surface area contributed by atoms with Gasteiger partial charge in [-0.05, 0) is 69.7 Å². The molecule has 0 aromatic heterocycles. The molecule has 6 heteroatoms. The van der Waals surface area contributed by atoms with E-state index in [9.17, 15) is 9.59 Å². The Morgan fingerprint density at radius 3 is 2.48 bits per heavy atom. The zero-order valence-electron chi connectivity index (χ0n) is 20.4. The van der Waals surface area contributed by atoms with E-state index in [4.69, 9.17) is 4.74 Å². The lowest BCUT2D eigenvalue weighted by Crippen LogP contribution is -2.51. The molecule has 3 heterocycles.